The largest absolute Gasteiger partial charge is 0.484 e. The molecule has 0 aliphatic heterocycles. The highest BCUT2D eigenvalue weighted by atomic mass is 16.5. The van der Waals surface area contributed by atoms with Crippen molar-refractivity contribution in [2.24, 2.45) is 4.99 Å². The zero-order valence-electron chi connectivity index (χ0n) is 15.6. The topological polar surface area (TPSA) is 74.8 Å². The summed E-state index contributed by atoms with van der Waals surface area (Å²) in [7, 11) is 0. The second-order valence-corrected chi connectivity index (χ2v) is 7.10. The van der Waals surface area contributed by atoms with E-state index in [0.29, 0.717) is 24.4 Å². The van der Waals surface area contributed by atoms with Crippen LogP contribution < -0.4 is 20.7 Å². The maximum absolute atomic E-state index is 11.7. The van der Waals surface area contributed by atoms with Gasteiger partial charge in [-0.25, -0.2) is 4.99 Å². The van der Waals surface area contributed by atoms with Gasteiger partial charge in [-0.05, 0) is 50.3 Å². The first kappa shape index (κ1) is 18.5. The van der Waals surface area contributed by atoms with Crippen molar-refractivity contribution in [3.05, 3.63) is 29.8 Å². The van der Waals surface area contributed by atoms with Crippen molar-refractivity contribution >= 4 is 11.9 Å². The highest BCUT2D eigenvalue weighted by molar-refractivity contribution is 5.80. The van der Waals surface area contributed by atoms with Crippen LogP contribution in [0.25, 0.3) is 0 Å². The third-order valence-electron chi connectivity index (χ3n) is 4.67. The quantitative estimate of drug-likeness (QED) is 0.493. The zero-order chi connectivity index (χ0) is 18.2. The van der Waals surface area contributed by atoms with E-state index < -0.39 is 0 Å². The molecular formula is C20H30N4O2. The molecule has 0 atom stereocenters. The number of aliphatic imine (C=N–C) groups is 1. The van der Waals surface area contributed by atoms with Gasteiger partial charge in [-0.3, -0.25) is 4.79 Å². The predicted molar refractivity (Wildman–Crippen MR) is 103 cm³/mol. The van der Waals surface area contributed by atoms with Gasteiger partial charge >= 0.3 is 0 Å². The van der Waals surface area contributed by atoms with Crippen molar-refractivity contribution in [1.29, 1.82) is 0 Å². The lowest BCUT2D eigenvalue weighted by molar-refractivity contribution is -0.123. The summed E-state index contributed by atoms with van der Waals surface area (Å²) in [4.78, 5) is 16.4. The smallest absolute Gasteiger partial charge is 0.258 e. The standard InChI is InChI=1S/C20H30N4O2/c1-2-21-20(24-16-7-3-4-8-16)22-13-15-6-5-9-18(12-15)26-14-19(25)23-17-10-11-17/h5-6,9,12,16-17H,2-4,7-8,10-11,13-14H2,1H3,(H,23,25)(H2,21,22,24). The Labute approximate surface area is 155 Å². The summed E-state index contributed by atoms with van der Waals surface area (Å²) in [5, 5.41) is 9.76. The van der Waals surface area contributed by atoms with Crippen molar-refractivity contribution in [1.82, 2.24) is 16.0 Å². The normalized spacial score (nSPS) is 17.8. The predicted octanol–water partition coefficient (Wildman–Crippen LogP) is 2.34. The lowest BCUT2D eigenvalue weighted by Crippen LogP contribution is -2.42. The van der Waals surface area contributed by atoms with E-state index in [1.807, 2.05) is 24.3 Å². The first-order valence-electron chi connectivity index (χ1n) is 9.79. The summed E-state index contributed by atoms with van der Waals surface area (Å²) in [6, 6.07) is 8.69. The fourth-order valence-electron chi connectivity index (χ4n) is 3.13. The molecule has 0 unspecified atom stereocenters. The Morgan fingerprint density at radius 3 is 2.65 bits per heavy atom. The summed E-state index contributed by atoms with van der Waals surface area (Å²) in [6.45, 7) is 3.56. The van der Waals surface area contributed by atoms with Crippen LogP contribution in [-0.2, 0) is 11.3 Å². The molecule has 0 heterocycles. The van der Waals surface area contributed by atoms with Crippen molar-refractivity contribution in [3.8, 4) is 5.75 Å². The molecule has 3 rings (SSSR count). The molecule has 2 saturated carbocycles. The van der Waals surface area contributed by atoms with Gasteiger partial charge in [0, 0.05) is 18.6 Å². The van der Waals surface area contributed by atoms with Crippen molar-refractivity contribution in [2.75, 3.05) is 13.2 Å². The van der Waals surface area contributed by atoms with Gasteiger partial charge in [0.25, 0.3) is 5.91 Å². The number of benzene rings is 1. The maximum atomic E-state index is 11.7. The van der Waals surface area contributed by atoms with Crippen molar-refractivity contribution in [3.63, 3.8) is 0 Å². The molecule has 1 aromatic rings. The van der Waals surface area contributed by atoms with E-state index in [0.717, 1.165) is 30.9 Å². The van der Waals surface area contributed by atoms with Crippen LogP contribution in [0.15, 0.2) is 29.3 Å². The molecule has 1 aromatic carbocycles. The van der Waals surface area contributed by atoms with E-state index in [9.17, 15) is 4.79 Å². The molecule has 142 valence electrons. The molecule has 2 aliphatic carbocycles. The molecule has 0 saturated heterocycles. The number of carbonyl (C=O) groups is 1. The van der Waals surface area contributed by atoms with E-state index >= 15 is 0 Å². The molecule has 2 aliphatic rings. The van der Waals surface area contributed by atoms with Gasteiger partial charge in [-0.1, -0.05) is 25.0 Å². The number of hydrogen-bond donors (Lipinski definition) is 3. The van der Waals surface area contributed by atoms with E-state index in [1.54, 1.807) is 0 Å². The number of ether oxygens (including phenoxy) is 1. The Morgan fingerprint density at radius 2 is 1.92 bits per heavy atom. The Kier molecular flexibility index (Phi) is 6.75. The summed E-state index contributed by atoms with van der Waals surface area (Å²) < 4.78 is 5.61. The Morgan fingerprint density at radius 1 is 1.15 bits per heavy atom. The van der Waals surface area contributed by atoms with Crippen LogP contribution in [-0.4, -0.2) is 37.1 Å². The molecule has 0 spiro atoms. The number of nitrogens with zero attached hydrogens (tertiary/aromatic N) is 1. The fourth-order valence-corrected chi connectivity index (χ4v) is 3.13. The minimum atomic E-state index is -0.0499. The van der Waals surface area contributed by atoms with Crippen molar-refractivity contribution < 1.29 is 9.53 Å². The number of hydrogen-bond acceptors (Lipinski definition) is 3. The average Bonchev–Trinajstić information content (AvgIpc) is 3.30. The van der Waals surface area contributed by atoms with Crippen LogP contribution in [0, 0.1) is 0 Å². The van der Waals surface area contributed by atoms with Gasteiger partial charge in [0.1, 0.15) is 5.75 Å². The van der Waals surface area contributed by atoms with Crippen LogP contribution in [0.5, 0.6) is 5.75 Å². The Balaban J connectivity index is 1.51. The van der Waals surface area contributed by atoms with Gasteiger partial charge in [-0.15, -0.1) is 0 Å². The highest BCUT2D eigenvalue weighted by Gasteiger charge is 2.23. The maximum Gasteiger partial charge on any atom is 0.258 e. The van der Waals surface area contributed by atoms with E-state index in [2.05, 4.69) is 22.9 Å². The molecule has 3 N–H and O–H groups in total. The minimum absolute atomic E-state index is 0.0499. The first-order valence-corrected chi connectivity index (χ1v) is 9.79. The third-order valence-corrected chi connectivity index (χ3v) is 4.67. The SMILES string of the molecule is CCNC(=NCc1cccc(OCC(=O)NC2CC2)c1)NC1CCCC1. The Bertz CT molecular complexity index is 622. The summed E-state index contributed by atoms with van der Waals surface area (Å²) in [5.41, 5.74) is 1.06. The lowest BCUT2D eigenvalue weighted by atomic mass is 10.2. The zero-order valence-corrected chi connectivity index (χ0v) is 15.6. The summed E-state index contributed by atoms with van der Waals surface area (Å²) in [6.07, 6.45) is 7.20. The monoisotopic (exact) mass is 358 g/mol. The first-order chi connectivity index (χ1) is 12.7. The lowest BCUT2D eigenvalue weighted by Gasteiger charge is -2.16. The van der Waals surface area contributed by atoms with Gasteiger partial charge in [0.15, 0.2) is 12.6 Å². The molecule has 6 nitrogen and oxygen atoms in total. The van der Waals surface area contributed by atoms with Gasteiger partial charge in [-0.2, -0.15) is 0 Å². The molecule has 0 aromatic heterocycles. The molecule has 1 amide bonds. The second-order valence-electron chi connectivity index (χ2n) is 7.10. The minimum Gasteiger partial charge on any atom is -0.484 e. The number of amides is 1. The number of guanidine groups is 1. The van der Waals surface area contributed by atoms with E-state index in [-0.39, 0.29) is 12.5 Å². The van der Waals surface area contributed by atoms with Crippen LogP contribution in [0.4, 0.5) is 0 Å². The van der Waals surface area contributed by atoms with Crippen LogP contribution >= 0.6 is 0 Å². The summed E-state index contributed by atoms with van der Waals surface area (Å²) >= 11 is 0. The van der Waals surface area contributed by atoms with Crippen LogP contribution in [0.2, 0.25) is 0 Å². The van der Waals surface area contributed by atoms with E-state index in [4.69, 9.17) is 9.73 Å². The summed E-state index contributed by atoms with van der Waals surface area (Å²) in [5.74, 6) is 1.53. The molecule has 2 fully saturated rings. The van der Waals surface area contributed by atoms with Gasteiger partial charge < -0.3 is 20.7 Å². The fraction of sp³-hybridized carbons (Fsp3) is 0.600. The van der Waals surface area contributed by atoms with Gasteiger partial charge in [0.05, 0.1) is 6.54 Å². The van der Waals surface area contributed by atoms with Crippen LogP contribution in [0.1, 0.15) is 51.0 Å². The number of rotatable bonds is 8. The number of carbonyl (C=O) groups excluding carboxylic acids is 1. The van der Waals surface area contributed by atoms with Crippen LogP contribution in [0.3, 0.4) is 0 Å². The highest BCUT2D eigenvalue weighted by Crippen LogP contribution is 2.19. The molecule has 26 heavy (non-hydrogen) atoms. The molecular weight excluding hydrogens is 328 g/mol. The second kappa shape index (κ2) is 9.46. The molecule has 6 heteroatoms. The third kappa shape index (κ3) is 6.24. The van der Waals surface area contributed by atoms with Crippen molar-refractivity contribution in [2.45, 2.75) is 64.1 Å². The number of nitrogens with one attached hydrogen (secondary N) is 3. The molecule has 0 bridgehead atoms. The molecule has 0 radical (unpaired) electrons. The van der Waals surface area contributed by atoms with Gasteiger partial charge in [0.2, 0.25) is 0 Å². The van der Waals surface area contributed by atoms with E-state index in [1.165, 1.54) is 25.7 Å². The Hall–Kier alpha value is -2.24. The average molecular weight is 358 g/mol.